The van der Waals surface area contributed by atoms with Gasteiger partial charge in [0.1, 0.15) is 6.04 Å². The lowest BCUT2D eigenvalue weighted by Crippen LogP contribution is -2.45. The Morgan fingerprint density at radius 3 is 2.00 bits per heavy atom. The number of carboxylic acid groups (broad SMARTS) is 1. The Hall–Kier alpha value is -1.11. The quantitative estimate of drug-likeness (QED) is 0.671. The average molecular weight is 279 g/mol. The molecule has 106 valence electrons. The Morgan fingerprint density at radius 1 is 1.17 bits per heavy atom. The highest BCUT2D eigenvalue weighted by Crippen LogP contribution is 2.12. The van der Waals surface area contributed by atoms with Crippen LogP contribution in [0.1, 0.15) is 33.6 Å². The number of aliphatic carboxylic acids is 1. The minimum absolute atomic E-state index is 0.0294. The van der Waals surface area contributed by atoms with E-state index < -0.39 is 33.5 Å². The van der Waals surface area contributed by atoms with Crippen LogP contribution >= 0.6 is 0 Å². The molecule has 0 aliphatic heterocycles. The molecule has 0 fully saturated rings. The summed E-state index contributed by atoms with van der Waals surface area (Å²) in [7, 11) is -3.49. The average Bonchev–Trinajstić information content (AvgIpc) is 2.23. The zero-order valence-electron chi connectivity index (χ0n) is 11.0. The third-order valence-electron chi connectivity index (χ3n) is 2.74. The van der Waals surface area contributed by atoms with Crippen LogP contribution in [0.4, 0.5) is 0 Å². The third kappa shape index (κ3) is 6.58. The van der Waals surface area contributed by atoms with E-state index in [0.29, 0.717) is 0 Å². The van der Waals surface area contributed by atoms with Crippen LogP contribution in [0.15, 0.2) is 0 Å². The first kappa shape index (κ1) is 16.9. The molecule has 0 aromatic rings. The minimum atomic E-state index is -3.49. The van der Waals surface area contributed by atoms with Crippen LogP contribution in [-0.4, -0.2) is 42.9 Å². The van der Waals surface area contributed by atoms with Crippen molar-refractivity contribution in [1.29, 1.82) is 0 Å². The van der Waals surface area contributed by atoms with E-state index in [9.17, 15) is 18.0 Å². The van der Waals surface area contributed by atoms with E-state index in [0.717, 1.165) is 19.8 Å². The molecule has 1 atom stereocenters. The first-order chi connectivity index (χ1) is 8.21. The highest BCUT2D eigenvalue weighted by Gasteiger charge is 2.27. The monoisotopic (exact) mass is 279 g/mol. The van der Waals surface area contributed by atoms with Crippen LogP contribution < -0.4 is 5.32 Å². The van der Waals surface area contributed by atoms with Crippen molar-refractivity contribution in [2.75, 3.05) is 11.5 Å². The first-order valence-electron chi connectivity index (χ1n) is 5.92. The fourth-order valence-electron chi connectivity index (χ4n) is 1.63. The number of hydrogen-bond acceptors (Lipinski definition) is 4. The lowest BCUT2D eigenvalue weighted by atomic mass is 10.1. The maximum absolute atomic E-state index is 11.8. The second-order valence-corrected chi connectivity index (χ2v) is 6.50. The summed E-state index contributed by atoms with van der Waals surface area (Å²) >= 11 is 0. The van der Waals surface area contributed by atoms with Gasteiger partial charge in [0.2, 0.25) is 5.91 Å². The summed E-state index contributed by atoms with van der Waals surface area (Å²) in [5.41, 5.74) is 0. The molecule has 6 nitrogen and oxygen atoms in total. The third-order valence-corrected chi connectivity index (χ3v) is 4.56. The Balaban J connectivity index is 4.70. The van der Waals surface area contributed by atoms with Crippen molar-refractivity contribution in [2.24, 2.45) is 5.92 Å². The standard InChI is InChI=1S/C11H21NO5S/c1-4-9(5-2)6-18(16,17)7-10(11(14)15)12-8(3)13/h9-10H,4-7H2,1-3H3,(H,12,13)(H,14,15)/t10-/m0/s1. The van der Waals surface area contributed by atoms with E-state index in [2.05, 4.69) is 5.32 Å². The second-order valence-electron chi connectivity index (χ2n) is 4.35. The molecular weight excluding hydrogens is 258 g/mol. The van der Waals surface area contributed by atoms with Gasteiger partial charge in [-0.15, -0.1) is 0 Å². The Labute approximate surface area is 108 Å². The van der Waals surface area contributed by atoms with Gasteiger partial charge in [-0.1, -0.05) is 26.7 Å². The van der Waals surface area contributed by atoms with Crippen molar-refractivity contribution >= 4 is 21.7 Å². The highest BCUT2D eigenvalue weighted by molar-refractivity contribution is 7.91. The number of carbonyl (C=O) groups excluding carboxylic acids is 1. The minimum Gasteiger partial charge on any atom is -0.480 e. The predicted octanol–water partition coefficient (Wildman–Crippen LogP) is 0.427. The molecule has 0 bridgehead atoms. The van der Waals surface area contributed by atoms with Crippen molar-refractivity contribution in [3.63, 3.8) is 0 Å². The first-order valence-corrected chi connectivity index (χ1v) is 7.74. The van der Waals surface area contributed by atoms with Gasteiger partial charge in [-0.25, -0.2) is 13.2 Å². The Morgan fingerprint density at radius 2 is 1.67 bits per heavy atom. The van der Waals surface area contributed by atoms with Crippen molar-refractivity contribution in [3.8, 4) is 0 Å². The molecule has 0 radical (unpaired) electrons. The van der Waals surface area contributed by atoms with Crippen LogP contribution in [0.25, 0.3) is 0 Å². The number of nitrogens with one attached hydrogen (secondary N) is 1. The number of amides is 1. The van der Waals surface area contributed by atoms with Gasteiger partial charge in [0.05, 0.1) is 11.5 Å². The second kappa shape index (κ2) is 7.35. The zero-order valence-corrected chi connectivity index (χ0v) is 11.8. The molecule has 1 amide bonds. The molecule has 0 saturated heterocycles. The van der Waals surface area contributed by atoms with Crippen molar-refractivity contribution < 1.29 is 23.1 Å². The van der Waals surface area contributed by atoms with Gasteiger partial charge in [0.25, 0.3) is 0 Å². The van der Waals surface area contributed by atoms with Gasteiger partial charge in [-0.3, -0.25) is 4.79 Å². The topological polar surface area (TPSA) is 101 Å². The van der Waals surface area contributed by atoms with E-state index in [4.69, 9.17) is 5.11 Å². The van der Waals surface area contributed by atoms with Gasteiger partial charge in [-0.05, 0) is 5.92 Å². The molecule has 0 aliphatic carbocycles. The maximum atomic E-state index is 11.8. The number of hydrogen-bond donors (Lipinski definition) is 2. The maximum Gasteiger partial charge on any atom is 0.327 e. The lowest BCUT2D eigenvalue weighted by Gasteiger charge is -2.16. The summed E-state index contributed by atoms with van der Waals surface area (Å²) in [6.45, 7) is 4.95. The Bertz CT molecular complexity index is 386. The molecule has 0 unspecified atom stereocenters. The van der Waals surface area contributed by atoms with Gasteiger partial charge in [0.15, 0.2) is 9.84 Å². The largest absolute Gasteiger partial charge is 0.480 e. The van der Waals surface area contributed by atoms with Crippen LogP contribution in [0.2, 0.25) is 0 Å². The summed E-state index contributed by atoms with van der Waals surface area (Å²) in [6, 6.07) is -1.37. The van der Waals surface area contributed by atoms with Crippen LogP contribution in [0.3, 0.4) is 0 Å². The normalized spacial score (nSPS) is 13.3. The van der Waals surface area contributed by atoms with E-state index in [1.807, 2.05) is 13.8 Å². The molecule has 0 rings (SSSR count). The zero-order chi connectivity index (χ0) is 14.3. The van der Waals surface area contributed by atoms with Crippen LogP contribution in [-0.2, 0) is 19.4 Å². The summed E-state index contributed by atoms with van der Waals surface area (Å²) in [5, 5.41) is 11.0. The van der Waals surface area contributed by atoms with E-state index >= 15 is 0 Å². The smallest absolute Gasteiger partial charge is 0.327 e. The van der Waals surface area contributed by atoms with E-state index in [1.54, 1.807) is 0 Å². The molecule has 2 N–H and O–H groups in total. The Kier molecular flexibility index (Phi) is 6.90. The molecule has 0 saturated carbocycles. The number of sulfone groups is 1. The number of rotatable bonds is 8. The van der Waals surface area contributed by atoms with Crippen molar-refractivity contribution in [3.05, 3.63) is 0 Å². The summed E-state index contributed by atoms with van der Waals surface area (Å²) < 4.78 is 23.7. The predicted molar refractivity (Wildman–Crippen MR) is 68.0 cm³/mol. The fourth-order valence-corrected chi connectivity index (χ4v) is 3.69. The van der Waals surface area contributed by atoms with Gasteiger partial charge >= 0.3 is 5.97 Å². The summed E-state index contributed by atoms with van der Waals surface area (Å²) in [6.07, 6.45) is 1.46. The van der Waals surface area contributed by atoms with Gasteiger partial charge in [0, 0.05) is 6.92 Å². The fraction of sp³-hybridized carbons (Fsp3) is 0.818. The SMILES string of the molecule is CCC(CC)CS(=O)(=O)C[C@H](NC(C)=O)C(=O)O. The molecule has 18 heavy (non-hydrogen) atoms. The molecule has 0 aromatic heterocycles. The molecule has 0 aromatic carbocycles. The van der Waals surface area contributed by atoms with Gasteiger partial charge in [-0.2, -0.15) is 0 Å². The lowest BCUT2D eigenvalue weighted by molar-refractivity contribution is -0.140. The van der Waals surface area contributed by atoms with Crippen molar-refractivity contribution in [1.82, 2.24) is 5.32 Å². The molecular formula is C11H21NO5S. The molecule has 0 heterocycles. The molecule has 7 heteroatoms. The molecule has 0 aliphatic rings. The van der Waals surface area contributed by atoms with E-state index in [-0.39, 0.29) is 11.7 Å². The van der Waals surface area contributed by atoms with Crippen molar-refractivity contribution in [2.45, 2.75) is 39.7 Å². The van der Waals surface area contributed by atoms with Crippen LogP contribution in [0.5, 0.6) is 0 Å². The summed E-state index contributed by atoms with van der Waals surface area (Å²) in [4.78, 5) is 21.7. The molecule has 0 spiro atoms. The van der Waals surface area contributed by atoms with Gasteiger partial charge < -0.3 is 10.4 Å². The highest BCUT2D eigenvalue weighted by atomic mass is 32.2. The number of carbonyl (C=O) groups is 2. The van der Waals surface area contributed by atoms with E-state index in [1.165, 1.54) is 0 Å². The van der Waals surface area contributed by atoms with Crippen LogP contribution in [0, 0.1) is 5.92 Å². The number of carboxylic acids is 1. The summed E-state index contributed by atoms with van der Waals surface area (Å²) in [5.74, 6) is -2.46.